The first kappa shape index (κ1) is 24.2. The third-order valence-electron chi connectivity index (χ3n) is 8.25. The van der Waals surface area contributed by atoms with Gasteiger partial charge in [0.15, 0.2) is 0 Å². The molecule has 0 saturated carbocycles. The maximum absolute atomic E-state index is 11.6. The fraction of sp³-hybridized carbons (Fsp3) is 0.353. The highest BCUT2D eigenvalue weighted by Crippen LogP contribution is 2.36. The molecule has 3 aromatic rings. The normalized spacial score (nSPS) is 14.6. The van der Waals surface area contributed by atoms with Crippen LogP contribution in [0.4, 0.5) is 0 Å². The molecule has 0 spiro atoms. The highest BCUT2D eigenvalue weighted by atomic mass is 16.4. The maximum Gasteiger partial charge on any atom is 0.303 e. The number of carboxylic acids is 2. The number of rotatable bonds is 8. The van der Waals surface area contributed by atoms with E-state index in [2.05, 4.69) is 9.97 Å². The summed E-state index contributed by atoms with van der Waals surface area (Å²) in [7, 11) is 0. The number of nitrogens with zero attached hydrogens (tertiary/aromatic N) is 2. The Morgan fingerprint density at radius 2 is 1.12 bits per heavy atom. The predicted octanol–water partition coefficient (Wildman–Crippen LogP) is 7.65. The number of aryl methyl sites for hydroxylation is 4. The third-order valence-corrected chi connectivity index (χ3v) is 8.25. The van der Waals surface area contributed by atoms with E-state index in [4.69, 9.17) is 9.97 Å². The lowest BCUT2D eigenvalue weighted by molar-refractivity contribution is -0.137. The summed E-state index contributed by atoms with van der Waals surface area (Å²) in [5.74, 6) is -2.02. The Labute approximate surface area is 250 Å². The molecule has 8 heteroatoms. The van der Waals surface area contributed by atoms with Crippen molar-refractivity contribution in [1.82, 2.24) is 19.9 Å². The fourth-order valence-electron chi connectivity index (χ4n) is 5.78. The van der Waals surface area contributed by atoms with Crippen molar-refractivity contribution in [3.63, 3.8) is 0 Å². The summed E-state index contributed by atoms with van der Waals surface area (Å²) in [6.45, 7) is 11.3. The molecule has 2 aliphatic rings. The molecule has 0 unspecified atom stereocenters. The molecule has 42 heavy (non-hydrogen) atoms. The van der Waals surface area contributed by atoms with Crippen LogP contribution in [-0.4, -0.2) is 42.1 Å². The first-order chi connectivity index (χ1) is 21.7. The smallest absolute Gasteiger partial charge is 0.303 e. The van der Waals surface area contributed by atoms with Crippen LogP contribution in [-0.2, 0) is 22.4 Å². The van der Waals surface area contributed by atoms with Crippen LogP contribution in [0.15, 0.2) is 24.2 Å². The van der Waals surface area contributed by atoms with Crippen LogP contribution in [0, 0.1) is 13.8 Å². The highest BCUT2D eigenvalue weighted by molar-refractivity contribution is 5.95. The van der Waals surface area contributed by atoms with Gasteiger partial charge in [0.1, 0.15) is 0 Å². The van der Waals surface area contributed by atoms with Crippen LogP contribution in [0.2, 0.25) is 0 Å². The van der Waals surface area contributed by atoms with Crippen molar-refractivity contribution in [2.45, 2.75) is 80.1 Å². The topological polar surface area (TPSA) is 132 Å². The first-order valence-corrected chi connectivity index (χ1v) is 14.3. The molecule has 0 aliphatic carbocycles. The maximum atomic E-state index is 11.6. The number of H-pyrrole nitrogens is 2. The molecule has 0 fully saturated rings. The van der Waals surface area contributed by atoms with Crippen LogP contribution < -0.4 is 0 Å². The lowest BCUT2D eigenvalue weighted by Crippen LogP contribution is -1.98. The number of aliphatic carboxylic acids is 2. The van der Waals surface area contributed by atoms with Crippen molar-refractivity contribution in [2.24, 2.45) is 0 Å². The summed E-state index contributed by atoms with van der Waals surface area (Å²) >= 11 is 0. The molecule has 8 nitrogen and oxygen atoms in total. The van der Waals surface area contributed by atoms with Crippen LogP contribution in [0.5, 0.6) is 0 Å². The van der Waals surface area contributed by atoms with Crippen molar-refractivity contribution in [3.8, 4) is 0 Å². The molecule has 0 radical (unpaired) electrons. The molecule has 0 amide bonds. The lowest BCUT2D eigenvalue weighted by atomic mass is 10.00. The third kappa shape index (κ3) is 5.29. The second-order valence-electron chi connectivity index (χ2n) is 10.8. The molecule has 3 aromatic heterocycles. The number of aromatic amines is 2. The Bertz CT molecular complexity index is 2070. The van der Waals surface area contributed by atoms with E-state index in [9.17, 15) is 25.3 Å². The van der Waals surface area contributed by atoms with Gasteiger partial charge < -0.3 is 20.2 Å². The minimum absolute atomic E-state index is 0.0600. The monoisotopic (exact) mass is 570 g/mol. The van der Waals surface area contributed by atoms with E-state index in [1.165, 1.54) is 0 Å². The summed E-state index contributed by atoms with van der Waals surface area (Å²) in [6.07, 6.45) is 0.897. The van der Waals surface area contributed by atoms with Gasteiger partial charge in [-0.2, -0.15) is 0 Å². The standard InChI is InChI=1S/C34H38N4O4/c1-7-21-17(3)25-13-26-19(5)23(9-11-33(39)40)31(37-26)16-32-24(10-12-34(41)42)20(6)28(38-32)15-30-22(8-2)18(4)27(36-30)14-29(21)35-25/h13-16,35,38H,7-12H2,1-6H3,(H,39,40)(H,41,42)/i13D,14D,15D,16D. The second kappa shape index (κ2) is 11.4. The van der Waals surface area contributed by atoms with Gasteiger partial charge in [-0.15, -0.1) is 0 Å². The number of fused-ring (bicyclic) bond motifs is 8. The largest absolute Gasteiger partial charge is 0.481 e. The zero-order chi connectivity index (χ0) is 33.8. The molecule has 218 valence electrons. The first-order valence-electron chi connectivity index (χ1n) is 16.3. The summed E-state index contributed by atoms with van der Waals surface area (Å²) in [4.78, 5) is 39.5. The SMILES string of the molecule is [2H]c1c2nc(c([2H])c3[nH]c(c([2H])c4nc(c([2H])c5[nH]c1c(C)c5CC)C(C)=C4CC)c(C)c3CCC(=O)O)C(CCC(=O)O)=C2C. The average Bonchev–Trinajstić information content (AvgIpc) is 3.73. The van der Waals surface area contributed by atoms with Gasteiger partial charge in [-0.3, -0.25) is 9.59 Å². The Hall–Kier alpha value is -4.46. The van der Waals surface area contributed by atoms with Crippen LogP contribution in [0.25, 0.3) is 44.4 Å². The van der Waals surface area contributed by atoms with Crippen molar-refractivity contribution < 1.29 is 25.3 Å². The van der Waals surface area contributed by atoms with Crippen LogP contribution in [0.3, 0.4) is 0 Å². The van der Waals surface area contributed by atoms with Crippen molar-refractivity contribution in [1.29, 1.82) is 0 Å². The van der Waals surface area contributed by atoms with Gasteiger partial charge >= 0.3 is 11.9 Å². The lowest BCUT2D eigenvalue weighted by Gasteiger charge is -2.03. The van der Waals surface area contributed by atoms with Gasteiger partial charge in [-0.1, -0.05) is 13.8 Å². The summed E-state index contributed by atoms with van der Waals surface area (Å²) < 4.78 is 37.3. The van der Waals surface area contributed by atoms with Crippen LogP contribution >= 0.6 is 0 Å². The van der Waals surface area contributed by atoms with Crippen molar-refractivity contribution in [3.05, 3.63) is 69.2 Å². The van der Waals surface area contributed by atoms with Gasteiger partial charge in [-0.25, -0.2) is 9.97 Å². The van der Waals surface area contributed by atoms with Gasteiger partial charge in [0, 0.05) is 34.9 Å². The van der Waals surface area contributed by atoms with E-state index in [1.54, 1.807) is 13.8 Å². The highest BCUT2D eigenvalue weighted by Gasteiger charge is 2.21. The number of allylic oxidation sites excluding steroid dienone is 4. The molecule has 5 rings (SSSR count). The molecule has 0 atom stereocenters. The zero-order valence-electron chi connectivity index (χ0n) is 28.8. The quantitative estimate of drug-likeness (QED) is 0.220. The molecule has 0 saturated heterocycles. The number of carboxylic acid groups (broad SMARTS) is 2. The van der Waals surface area contributed by atoms with Gasteiger partial charge in [-0.05, 0) is 122 Å². The van der Waals surface area contributed by atoms with E-state index in [0.717, 1.165) is 22.3 Å². The number of hydrogen-bond donors (Lipinski definition) is 4. The number of aromatic nitrogens is 4. The van der Waals surface area contributed by atoms with E-state index >= 15 is 0 Å². The minimum atomic E-state index is -1.01. The van der Waals surface area contributed by atoms with E-state index in [0.29, 0.717) is 74.3 Å². The Morgan fingerprint density at radius 1 is 0.667 bits per heavy atom. The van der Waals surface area contributed by atoms with Gasteiger partial charge in [0.05, 0.1) is 28.3 Å². The molecule has 2 aliphatic heterocycles. The van der Waals surface area contributed by atoms with Gasteiger partial charge in [0.25, 0.3) is 0 Å². The molecular weight excluding hydrogens is 528 g/mol. The molecule has 8 bridgehead atoms. The van der Waals surface area contributed by atoms with E-state index < -0.39 is 11.9 Å². The van der Waals surface area contributed by atoms with E-state index in [1.807, 2.05) is 27.7 Å². The molecule has 4 N–H and O–H groups in total. The summed E-state index contributed by atoms with van der Waals surface area (Å²) in [5.41, 5.74) is 8.50. The average molecular weight is 571 g/mol. The molecule has 5 heterocycles. The van der Waals surface area contributed by atoms with Gasteiger partial charge in [0.2, 0.25) is 0 Å². The zero-order valence-corrected chi connectivity index (χ0v) is 24.8. The van der Waals surface area contributed by atoms with E-state index in [-0.39, 0.29) is 55.5 Å². The summed E-state index contributed by atoms with van der Waals surface area (Å²) in [6, 6.07) is 0.212. The molecule has 0 aromatic carbocycles. The van der Waals surface area contributed by atoms with Crippen molar-refractivity contribution >= 4 is 56.3 Å². The number of hydrogen-bond acceptors (Lipinski definition) is 4. The molecular formula is C34H38N4O4. The summed E-state index contributed by atoms with van der Waals surface area (Å²) in [5, 5.41) is 19.1. The number of carbonyl (C=O) groups is 2. The van der Waals surface area contributed by atoms with Crippen LogP contribution in [0.1, 0.15) is 104 Å². The Morgan fingerprint density at radius 3 is 1.69 bits per heavy atom. The second-order valence-corrected chi connectivity index (χ2v) is 10.8. The Balaban J connectivity index is 2.08. The Kier molecular flexibility index (Phi) is 6.58. The van der Waals surface area contributed by atoms with Crippen molar-refractivity contribution in [2.75, 3.05) is 0 Å². The number of nitrogens with one attached hydrogen (secondary N) is 2. The fourth-order valence-corrected chi connectivity index (χ4v) is 5.78. The minimum Gasteiger partial charge on any atom is -0.481 e. The predicted molar refractivity (Wildman–Crippen MR) is 168 cm³/mol.